The molecule has 4 heteroatoms. The van der Waals surface area contributed by atoms with Crippen LogP contribution in [-0.4, -0.2) is 39.0 Å². The Morgan fingerprint density at radius 2 is 2.00 bits per heavy atom. The van der Waals surface area contributed by atoms with Crippen LogP contribution in [0.3, 0.4) is 0 Å². The number of nitrogens with zero attached hydrogens (tertiary/aromatic N) is 4. The maximum absolute atomic E-state index is 4.10. The van der Waals surface area contributed by atoms with E-state index >= 15 is 0 Å². The molecule has 0 N–H and O–H groups in total. The van der Waals surface area contributed by atoms with Crippen LogP contribution in [0.4, 0.5) is 0 Å². The lowest BCUT2D eigenvalue weighted by Gasteiger charge is -2.32. The third kappa shape index (κ3) is 2.32. The van der Waals surface area contributed by atoms with Gasteiger partial charge >= 0.3 is 0 Å². The largest absolute Gasteiger partial charge is 0.299 e. The minimum atomic E-state index is 0.735. The van der Waals surface area contributed by atoms with Gasteiger partial charge in [0.2, 0.25) is 0 Å². The molecule has 0 amide bonds. The van der Waals surface area contributed by atoms with Gasteiger partial charge in [-0.1, -0.05) is 6.42 Å². The Bertz CT molecular complexity index is 257. The van der Waals surface area contributed by atoms with E-state index in [1.54, 1.807) is 17.2 Å². The van der Waals surface area contributed by atoms with Crippen molar-refractivity contribution in [2.24, 2.45) is 0 Å². The summed E-state index contributed by atoms with van der Waals surface area (Å²) >= 11 is 0. The van der Waals surface area contributed by atoms with Crippen LogP contribution in [0, 0.1) is 0 Å². The summed E-state index contributed by atoms with van der Waals surface area (Å²) in [5.41, 5.74) is 0. The second-order valence-corrected chi connectivity index (χ2v) is 4.01. The molecule has 0 radical (unpaired) electrons. The van der Waals surface area contributed by atoms with Gasteiger partial charge < -0.3 is 0 Å². The highest BCUT2D eigenvalue weighted by atomic mass is 15.5. The van der Waals surface area contributed by atoms with E-state index < -0.39 is 0 Å². The molecular formula is C10H18N4. The summed E-state index contributed by atoms with van der Waals surface area (Å²) in [6.45, 7) is 5.55. The van der Waals surface area contributed by atoms with Gasteiger partial charge in [0.15, 0.2) is 0 Å². The normalized spacial score (nSPS) is 23.9. The van der Waals surface area contributed by atoms with Crippen molar-refractivity contribution in [2.75, 3.05) is 13.1 Å². The summed E-state index contributed by atoms with van der Waals surface area (Å²) in [5, 5.41) is 8.21. The molecule has 1 unspecified atom stereocenters. The van der Waals surface area contributed by atoms with Crippen LogP contribution in [0.2, 0.25) is 0 Å². The van der Waals surface area contributed by atoms with Gasteiger partial charge in [0, 0.05) is 12.6 Å². The molecule has 1 aromatic rings. The molecule has 1 atom stereocenters. The Hall–Kier alpha value is -0.900. The van der Waals surface area contributed by atoms with Gasteiger partial charge in [-0.05, 0) is 26.3 Å². The van der Waals surface area contributed by atoms with Gasteiger partial charge in [0.05, 0.1) is 18.9 Å². The lowest BCUT2D eigenvalue weighted by Crippen LogP contribution is -2.39. The highest BCUT2D eigenvalue weighted by molar-refractivity contribution is 4.72. The highest BCUT2D eigenvalue weighted by Crippen LogP contribution is 2.15. The quantitative estimate of drug-likeness (QED) is 0.724. The Balaban J connectivity index is 1.79. The molecule has 2 rings (SSSR count). The average molecular weight is 194 g/mol. The van der Waals surface area contributed by atoms with Crippen molar-refractivity contribution in [1.29, 1.82) is 0 Å². The Morgan fingerprint density at radius 1 is 1.21 bits per heavy atom. The molecule has 1 aromatic heterocycles. The van der Waals surface area contributed by atoms with Gasteiger partial charge in [-0.15, -0.1) is 0 Å². The molecule has 78 valence electrons. The monoisotopic (exact) mass is 194 g/mol. The van der Waals surface area contributed by atoms with E-state index in [0.29, 0.717) is 0 Å². The fourth-order valence-electron chi connectivity index (χ4n) is 2.07. The molecule has 4 nitrogen and oxygen atoms in total. The molecule has 1 aliphatic heterocycles. The molecule has 1 aliphatic rings. The van der Waals surface area contributed by atoms with Crippen molar-refractivity contribution in [3.8, 4) is 0 Å². The number of likely N-dealkylation sites (tertiary alicyclic amines) is 1. The molecule has 0 saturated carbocycles. The van der Waals surface area contributed by atoms with E-state index in [2.05, 4.69) is 22.0 Å². The summed E-state index contributed by atoms with van der Waals surface area (Å²) in [4.78, 5) is 4.30. The smallest absolute Gasteiger partial charge is 0.0734 e. The number of aromatic nitrogens is 3. The number of hydrogen-bond acceptors (Lipinski definition) is 3. The third-order valence-electron chi connectivity index (χ3n) is 2.99. The maximum Gasteiger partial charge on any atom is 0.0734 e. The van der Waals surface area contributed by atoms with Crippen molar-refractivity contribution < 1.29 is 0 Å². The maximum atomic E-state index is 4.10. The van der Waals surface area contributed by atoms with Crippen molar-refractivity contribution in [3.05, 3.63) is 12.4 Å². The summed E-state index contributed by atoms with van der Waals surface area (Å²) in [5.74, 6) is 0. The Morgan fingerprint density at radius 3 is 2.71 bits per heavy atom. The van der Waals surface area contributed by atoms with Gasteiger partial charge in [-0.25, -0.2) is 0 Å². The zero-order valence-electron chi connectivity index (χ0n) is 8.76. The third-order valence-corrected chi connectivity index (χ3v) is 2.99. The SMILES string of the molecule is CC1CCCCN1CCn1nccn1. The van der Waals surface area contributed by atoms with Crippen molar-refractivity contribution >= 4 is 0 Å². The Kier molecular flexibility index (Phi) is 3.14. The molecule has 1 saturated heterocycles. The number of rotatable bonds is 3. The predicted molar refractivity (Wildman–Crippen MR) is 54.9 cm³/mol. The summed E-state index contributed by atoms with van der Waals surface area (Å²) < 4.78 is 0. The Labute approximate surface area is 84.9 Å². The summed E-state index contributed by atoms with van der Waals surface area (Å²) in [6.07, 6.45) is 7.54. The molecule has 0 spiro atoms. The zero-order valence-corrected chi connectivity index (χ0v) is 8.76. The van der Waals surface area contributed by atoms with Crippen LogP contribution in [-0.2, 0) is 6.54 Å². The number of hydrogen-bond donors (Lipinski definition) is 0. The van der Waals surface area contributed by atoms with E-state index in [1.807, 2.05) is 0 Å². The fourth-order valence-corrected chi connectivity index (χ4v) is 2.07. The molecule has 0 aliphatic carbocycles. The molecule has 0 bridgehead atoms. The molecule has 2 heterocycles. The van der Waals surface area contributed by atoms with Gasteiger partial charge in [0.25, 0.3) is 0 Å². The second-order valence-electron chi connectivity index (χ2n) is 4.01. The molecular weight excluding hydrogens is 176 g/mol. The van der Waals surface area contributed by atoms with E-state index in [-0.39, 0.29) is 0 Å². The van der Waals surface area contributed by atoms with Gasteiger partial charge in [-0.2, -0.15) is 15.0 Å². The van der Waals surface area contributed by atoms with Crippen LogP contribution in [0.25, 0.3) is 0 Å². The first kappa shape index (κ1) is 9.65. The van der Waals surface area contributed by atoms with Gasteiger partial charge in [0.1, 0.15) is 0 Å². The van der Waals surface area contributed by atoms with Crippen molar-refractivity contribution in [2.45, 2.75) is 38.8 Å². The number of piperidine rings is 1. The fraction of sp³-hybridized carbons (Fsp3) is 0.800. The first-order valence-corrected chi connectivity index (χ1v) is 5.44. The predicted octanol–water partition coefficient (Wildman–Crippen LogP) is 1.15. The van der Waals surface area contributed by atoms with E-state index in [1.165, 1.54) is 25.8 Å². The molecule has 1 fully saturated rings. The molecule has 0 aromatic carbocycles. The van der Waals surface area contributed by atoms with Crippen LogP contribution in [0.15, 0.2) is 12.4 Å². The van der Waals surface area contributed by atoms with Gasteiger partial charge in [-0.3, -0.25) is 4.90 Å². The van der Waals surface area contributed by atoms with Crippen LogP contribution >= 0.6 is 0 Å². The first-order chi connectivity index (χ1) is 6.86. The standard InChI is InChI=1S/C10H18N4/c1-10-4-2-3-7-13(10)8-9-14-11-5-6-12-14/h5-6,10H,2-4,7-9H2,1H3. The highest BCUT2D eigenvalue weighted by Gasteiger charge is 2.17. The van der Waals surface area contributed by atoms with E-state index in [0.717, 1.165) is 19.1 Å². The summed E-state index contributed by atoms with van der Waals surface area (Å²) in [6, 6.07) is 0.735. The van der Waals surface area contributed by atoms with Crippen molar-refractivity contribution in [1.82, 2.24) is 19.9 Å². The topological polar surface area (TPSA) is 34.0 Å². The van der Waals surface area contributed by atoms with Crippen LogP contribution in [0.5, 0.6) is 0 Å². The van der Waals surface area contributed by atoms with Crippen LogP contribution < -0.4 is 0 Å². The lowest BCUT2D eigenvalue weighted by atomic mass is 10.0. The summed E-state index contributed by atoms with van der Waals surface area (Å²) in [7, 11) is 0. The minimum absolute atomic E-state index is 0.735. The second kappa shape index (κ2) is 4.55. The zero-order chi connectivity index (χ0) is 9.80. The van der Waals surface area contributed by atoms with E-state index in [4.69, 9.17) is 0 Å². The molecule has 14 heavy (non-hydrogen) atoms. The van der Waals surface area contributed by atoms with Crippen molar-refractivity contribution in [3.63, 3.8) is 0 Å². The minimum Gasteiger partial charge on any atom is -0.299 e. The van der Waals surface area contributed by atoms with Crippen LogP contribution in [0.1, 0.15) is 26.2 Å². The average Bonchev–Trinajstić information content (AvgIpc) is 2.69. The lowest BCUT2D eigenvalue weighted by molar-refractivity contribution is 0.151. The van der Waals surface area contributed by atoms with E-state index in [9.17, 15) is 0 Å². The first-order valence-electron chi connectivity index (χ1n) is 5.44.